The fourth-order valence-electron chi connectivity index (χ4n) is 2.98. The number of benzene rings is 2. The zero-order valence-corrected chi connectivity index (χ0v) is 14.9. The van der Waals surface area contributed by atoms with Crippen molar-refractivity contribution in [3.05, 3.63) is 70.5 Å². The molecule has 25 heavy (non-hydrogen) atoms. The van der Waals surface area contributed by atoms with Gasteiger partial charge >= 0.3 is 0 Å². The molecule has 2 aromatic rings. The van der Waals surface area contributed by atoms with Crippen molar-refractivity contribution in [2.75, 3.05) is 11.5 Å². The molecular weight excluding hydrogens is 365 g/mol. The molecular formula is C18H17ClFNO3S. The first kappa shape index (κ1) is 17.9. The summed E-state index contributed by atoms with van der Waals surface area (Å²) in [7, 11) is -3.15. The van der Waals surface area contributed by atoms with E-state index in [1.54, 1.807) is 36.4 Å². The molecule has 1 aliphatic rings. The standard InChI is InChI=1S/C18H17ClFNO3S/c19-15-6-4-14(5-7-15)18(22)21(17-8-9-25(23,24)12-17)11-13-2-1-3-16(20)10-13/h1-7,10,17H,8-9,11-12H2/t17-/m0/s1. The number of amides is 1. The molecule has 1 heterocycles. The molecule has 1 fully saturated rings. The van der Waals surface area contributed by atoms with Crippen LogP contribution in [0, 0.1) is 5.82 Å². The third-order valence-corrected chi connectivity index (χ3v) is 6.25. The van der Waals surface area contributed by atoms with Crippen LogP contribution < -0.4 is 0 Å². The zero-order valence-electron chi connectivity index (χ0n) is 13.4. The van der Waals surface area contributed by atoms with Gasteiger partial charge in [0.15, 0.2) is 9.84 Å². The molecule has 0 saturated carbocycles. The second kappa shape index (κ2) is 7.14. The van der Waals surface area contributed by atoms with Crippen LogP contribution in [0.2, 0.25) is 5.02 Å². The monoisotopic (exact) mass is 381 g/mol. The highest BCUT2D eigenvalue weighted by molar-refractivity contribution is 7.91. The number of nitrogens with zero attached hydrogens (tertiary/aromatic N) is 1. The van der Waals surface area contributed by atoms with Crippen LogP contribution in [0.3, 0.4) is 0 Å². The molecule has 7 heteroatoms. The lowest BCUT2D eigenvalue weighted by molar-refractivity contribution is 0.0680. The van der Waals surface area contributed by atoms with Crippen LogP contribution in [0.4, 0.5) is 4.39 Å². The zero-order chi connectivity index (χ0) is 18.0. The van der Waals surface area contributed by atoms with Gasteiger partial charge in [-0.15, -0.1) is 0 Å². The van der Waals surface area contributed by atoms with E-state index >= 15 is 0 Å². The molecule has 1 amide bonds. The Bertz CT molecular complexity index is 883. The molecule has 3 rings (SSSR count). The summed E-state index contributed by atoms with van der Waals surface area (Å²) in [5.41, 5.74) is 1.04. The third kappa shape index (κ3) is 4.38. The number of sulfone groups is 1. The molecule has 0 N–H and O–H groups in total. The highest BCUT2D eigenvalue weighted by atomic mass is 35.5. The average Bonchev–Trinajstić information content (AvgIpc) is 2.92. The quantitative estimate of drug-likeness (QED) is 0.816. The van der Waals surface area contributed by atoms with E-state index in [1.807, 2.05) is 0 Å². The van der Waals surface area contributed by atoms with Gasteiger partial charge in [-0.2, -0.15) is 0 Å². The van der Waals surface area contributed by atoms with Gasteiger partial charge < -0.3 is 4.90 Å². The van der Waals surface area contributed by atoms with Crippen molar-refractivity contribution in [2.45, 2.75) is 19.0 Å². The maximum atomic E-state index is 13.5. The van der Waals surface area contributed by atoms with Crippen molar-refractivity contribution >= 4 is 27.3 Å². The summed E-state index contributed by atoms with van der Waals surface area (Å²) >= 11 is 5.86. The van der Waals surface area contributed by atoms with Crippen molar-refractivity contribution in [1.82, 2.24) is 4.90 Å². The number of carbonyl (C=O) groups is 1. The fraction of sp³-hybridized carbons (Fsp3) is 0.278. The molecule has 0 spiro atoms. The maximum absolute atomic E-state index is 13.5. The first-order valence-electron chi connectivity index (χ1n) is 7.85. The predicted molar refractivity (Wildman–Crippen MR) is 94.8 cm³/mol. The lowest BCUT2D eigenvalue weighted by Gasteiger charge is -2.28. The Balaban J connectivity index is 1.91. The molecule has 2 aromatic carbocycles. The summed E-state index contributed by atoms with van der Waals surface area (Å²) in [6, 6.07) is 12.0. The number of hydrogen-bond donors (Lipinski definition) is 0. The van der Waals surface area contributed by atoms with Gasteiger partial charge in [0.25, 0.3) is 5.91 Å². The van der Waals surface area contributed by atoms with Gasteiger partial charge in [0.05, 0.1) is 11.5 Å². The van der Waals surface area contributed by atoms with Crippen LogP contribution in [-0.2, 0) is 16.4 Å². The van der Waals surface area contributed by atoms with Gasteiger partial charge in [0.1, 0.15) is 5.82 Å². The van der Waals surface area contributed by atoms with Gasteiger partial charge in [-0.1, -0.05) is 23.7 Å². The van der Waals surface area contributed by atoms with E-state index in [1.165, 1.54) is 17.0 Å². The van der Waals surface area contributed by atoms with Crippen LogP contribution in [0.25, 0.3) is 0 Å². The predicted octanol–water partition coefficient (Wildman–Crippen LogP) is 3.31. The Labute approximate surface area is 151 Å². The minimum absolute atomic E-state index is 0.0607. The molecule has 0 bridgehead atoms. The first-order valence-corrected chi connectivity index (χ1v) is 10.1. The largest absolute Gasteiger partial charge is 0.330 e. The Hall–Kier alpha value is -1.92. The van der Waals surface area contributed by atoms with Crippen LogP contribution in [0.5, 0.6) is 0 Å². The molecule has 0 aromatic heterocycles. The normalized spacial score (nSPS) is 18.9. The first-order chi connectivity index (χ1) is 11.8. The summed E-state index contributed by atoms with van der Waals surface area (Å²) in [4.78, 5) is 14.5. The van der Waals surface area contributed by atoms with Gasteiger partial charge in [0.2, 0.25) is 0 Å². The van der Waals surface area contributed by atoms with Crippen LogP contribution in [-0.4, -0.2) is 36.8 Å². The van der Waals surface area contributed by atoms with E-state index in [0.29, 0.717) is 22.6 Å². The molecule has 132 valence electrons. The number of rotatable bonds is 4. The van der Waals surface area contributed by atoms with Crippen molar-refractivity contribution < 1.29 is 17.6 Å². The summed E-state index contributed by atoms with van der Waals surface area (Å²) in [5.74, 6) is -0.689. The molecule has 1 atom stereocenters. The second-order valence-electron chi connectivity index (χ2n) is 6.13. The van der Waals surface area contributed by atoms with Gasteiger partial charge in [-0.05, 0) is 48.4 Å². The Morgan fingerprint density at radius 3 is 2.52 bits per heavy atom. The number of hydrogen-bond acceptors (Lipinski definition) is 3. The molecule has 1 aliphatic heterocycles. The average molecular weight is 382 g/mol. The maximum Gasteiger partial charge on any atom is 0.254 e. The highest BCUT2D eigenvalue weighted by Gasteiger charge is 2.35. The van der Waals surface area contributed by atoms with E-state index in [2.05, 4.69) is 0 Å². The molecule has 0 radical (unpaired) electrons. The summed E-state index contributed by atoms with van der Waals surface area (Å²) in [6.07, 6.45) is 0.386. The molecule has 4 nitrogen and oxygen atoms in total. The lowest BCUT2D eigenvalue weighted by Crippen LogP contribution is -2.40. The van der Waals surface area contributed by atoms with E-state index in [0.717, 1.165) is 0 Å². The molecule has 1 saturated heterocycles. The van der Waals surface area contributed by atoms with Gasteiger partial charge in [-0.3, -0.25) is 4.79 Å². The van der Waals surface area contributed by atoms with Crippen LogP contribution >= 0.6 is 11.6 Å². The SMILES string of the molecule is O=C(c1ccc(Cl)cc1)N(Cc1cccc(F)c1)[C@H]1CCS(=O)(=O)C1. The molecule has 0 aliphatic carbocycles. The van der Waals surface area contributed by atoms with Crippen molar-refractivity contribution in [3.8, 4) is 0 Å². The minimum Gasteiger partial charge on any atom is -0.330 e. The Kier molecular flexibility index (Phi) is 5.11. The highest BCUT2D eigenvalue weighted by Crippen LogP contribution is 2.23. The van der Waals surface area contributed by atoms with Crippen molar-refractivity contribution in [3.63, 3.8) is 0 Å². The fourth-order valence-corrected chi connectivity index (χ4v) is 4.83. The van der Waals surface area contributed by atoms with Gasteiger partial charge in [0, 0.05) is 23.2 Å². The van der Waals surface area contributed by atoms with E-state index < -0.39 is 21.7 Å². The smallest absolute Gasteiger partial charge is 0.254 e. The Morgan fingerprint density at radius 1 is 1.20 bits per heavy atom. The van der Waals surface area contributed by atoms with Crippen LogP contribution in [0.15, 0.2) is 48.5 Å². The second-order valence-corrected chi connectivity index (χ2v) is 8.79. The van der Waals surface area contributed by atoms with Crippen molar-refractivity contribution in [2.24, 2.45) is 0 Å². The summed E-state index contributed by atoms with van der Waals surface area (Å²) < 4.78 is 37.2. The third-order valence-electron chi connectivity index (χ3n) is 4.24. The van der Waals surface area contributed by atoms with E-state index in [4.69, 9.17) is 11.6 Å². The number of carbonyl (C=O) groups excluding carboxylic acids is 1. The Morgan fingerprint density at radius 2 is 1.92 bits per heavy atom. The van der Waals surface area contributed by atoms with E-state index in [9.17, 15) is 17.6 Å². The van der Waals surface area contributed by atoms with Crippen LogP contribution in [0.1, 0.15) is 22.3 Å². The molecule has 0 unspecified atom stereocenters. The van der Waals surface area contributed by atoms with Crippen molar-refractivity contribution in [1.29, 1.82) is 0 Å². The van der Waals surface area contributed by atoms with E-state index in [-0.39, 0.29) is 24.0 Å². The summed E-state index contributed by atoms with van der Waals surface area (Å²) in [5, 5.41) is 0.511. The summed E-state index contributed by atoms with van der Waals surface area (Å²) in [6.45, 7) is 0.152. The minimum atomic E-state index is -3.15. The topological polar surface area (TPSA) is 54.5 Å². The van der Waals surface area contributed by atoms with Gasteiger partial charge in [-0.25, -0.2) is 12.8 Å². The lowest BCUT2D eigenvalue weighted by atomic mass is 10.1. The number of halogens is 2.